The van der Waals surface area contributed by atoms with Gasteiger partial charge in [0, 0.05) is 13.1 Å². The number of ketones is 1. The van der Waals surface area contributed by atoms with Crippen molar-refractivity contribution in [3.05, 3.63) is 20.8 Å². The minimum absolute atomic E-state index is 0.0388. The summed E-state index contributed by atoms with van der Waals surface area (Å²) in [5.74, 6) is -0.0377. The average molecular weight is 361 g/mol. The van der Waals surface area contributed by atoms with Crippen LogP contribution in [-0.2, 0) is 9.53 Å². The predicted molar refractivity (Wildman–Crippen MR) is 81.2 cm³/mol. The van der Waals surface area contributed by atoms with Crippen molar-refractivity contribution in [1.29, 1.82) is 0 Å². The second-order valence-corrected chi connectivity index (χ2v) is 6.95. The van der Waals surface area contributed by atoms with Crippen LogP contribution in [0.1, 0.15) is 16.6 Å². The maximum absolute atomic E-state index is 12.2. The van der Waals surface area contributed by atoms with Crippen LogP contribution in [0.25, 0.3) is 0 Å². The van der Waals surface area contributed by atoms with Crippen LogP contribution in [0.4, 0.5) is 0 Å². The molecule has 1 aromatic heterocycles. The van der Waals surface area contributed by atoms with Gasteiger partial charge in [0.25, 0.3) is 0 Å². The van der Waals surface area contributed by atoms with E-state index in [1.54, 1.807) is 6.07 Å². The molecule has 0 bridgehead atoms. The maximum Gasteiger partial charge on any atom is 0.239 e. The molecule has 1 saturated heterocycles. The molecule has 1 aliphatic rings. The molecule has 2 rings (SSSR count). The van der Waals surface area contributed by atoms with E-state index in [-0.39, 0.29) is 24.3 Å². The van der Waals surface area contributed by atoms with Gasteiger partial charge in [0.15, 0.2) is 5.78 Å². The molecule has 110 valence electrons. The van der Waals surface area contributed by atoms with E-state index in [1.807, 2.05) is 17.9 Å². The number of morpholine rings is 1. The van der Waals surface area contributed by atoms with E-state index in [1.165, 1.54) is 11.3 Å². The van der Waals surface area contributed by atoms with Gasteiger partial charge in [-0.25, -0.2) is 0 Å². The zero-order valence-corrected chi connectivity index (χ0v) is 13.6. The summed E-state index contributed by atoms with van der Waals surface area (Å²) < 4.78 is 6.29. The summed E-state index contributed by atoms with van der Waals surface area (Å²) in [6, 6.07) is 3.29. The summed E-state index contributed by atoms with van der Waals surface area (Å²) in [6.07, 6.45) is 0. The lowest BCUT2D eigenvalue weighted by Crippen LogP contribution is -2.55. The molecule has 0 aliphatic carbocycles. The molecule has 5 nitrogen and oxygen atoms in total. The molecular formula is C13H17BrN2O3S. The quantitative estimate of drug-likeness (QED) is 0.809. The Bertz CT molecular complexity index is 492. The fraction of sp³-hybridized carbons (Fsp3) is 0.538. The summed E-state index contributed by atoms with van der Waals surface area (Å²) in [5, 5.41) is 2.79. The Morgan fingerprint density at radius 3 is 3.00 bits per heavy atom. The van der Waals surface area contributed by atoms with Gasteiger partial charge in [-0.15, -0.1) is 11.3 Å². The van der Waals surface area contributed by atoms with Crippen molar-refractivity contribution in [3.8, 4) is 0 Å². The van der Waals surface area contributed by atoms with Gasteiger partial charge in [-0.1, -0.05) is 0 Å². The second-order valence-electron chi connectivity index (χ2n) is 4.48. The van der Waals surface area contributed by atoms with E-state index < -0.39 is 0 Å². The number of carbonyl (C=O) groups is 2. The molecular weight excluding hydrogens is 344 g/mol. The van der Waals surface area contributed by atoms with Crippen molar-refractivity contribution >= 4 is 39.0 Å². The molecule has 1 aliphatic heterocycles. The standard InChI is InChI=1S/C13H17BrN2O3S/c1-2-15-13(18)9-8-19-6-5-16(9)7-10(17)11-3-4-12(14)20-11/h3-4,9H,2,5-8H2,1H3,(H,15,18). The first kappa shape index (κ1) is 15.6. The van der Waals surface area contributed by atoms with Gasteiger partial charge in [-0.3, -0.25) is 14.5 Å². The highest BCUT2D eigenvalue weighted by Crippen LogP contribution is 2.23. The number of carbonyl (C=O) groups excluding carboxylic acids is 2. The number of amides is 1. The molecule has 7 heteroatoms. The molecule has 1 unspecified atom stereocenters. The first-order valence-electron chi connectivity index (χ1n) is 6.50. The van der Waals surface area contributed by atoms with Gasteiger partial charge < -0.3 is 10.1 Å². The van der Waals surface area contributed by atoms with Crippen LogP contribution < -0.4 is 5.32 Å². The molecule has 0 spiro atoms. The van der Waals surface area contributed by atoms with Crippen LogP contribution in [0.15, 0.2) is 15.9 Å². The first-order chi connectivity index (χ1) is 9.61. The third-order valence-corrected chi connectivity index (χ3v) is 4.75. The maximum atomic E-state index is 12.2. The monoisotopic (exact) mass is 360 g/mol. The van der Waals surface area contributed by atoms with Gasteiger partial charge >= 0.3 is 0 Å². The van der Waals surface area contributed by atoms with Crippen molar-refractivity contribution in [2.24, 2.45) is 0 Å². The summed E-state index contributed by atoms with van der Waals surface area (Å²) >= 11 is 4.76. The molecule has 1 amide bonds. The third kappa shape index (κ3) is 3.88. The first-order valence-corrected chi connectivity index (χ1v) is 8.10. The zero-order valence-electron chi connectivity index (χ0n) is 11.2. The SMILES string of the molecule is CCNC(=O)C1COCCN1CC(=O)c1ccc(Br)s1. The second kappa shape index (κ2) is 7.31. The summed E-state index contributed by atoms with van der Waals surface area (Å²) in [4.78, 5) is 26.8. The number of Topliss-reactive ketones (excluding diaryl/α,β-unsaturated/α-hetero) is 1. The topological polar surface area (TPSA) is 58.6 Å². The highest BCUT2D eigenvalue weighted by Gasteiger charge is 2.30. The minimum atomic E-state index is -0.379. The van der Waals surface area contributed by atoms with E-state index in [2.05, 4.69) is 21.2 Å². The Balaban J connectivity index is 2.01. The normalized spacial score (nSPS) is 19.8. The molecule has 1 N–H and O–H groups in total. The van der Waals surface area contributed by atoms with Crippen molar-refractivity contribution in [2.45, 2.75) is 13.0 Å². The van der Waals surface area contributed by atoms with Crippen LogP contribution in [0.3, 0.4) is 0 Å². The lowest BCUT2D eigenvalue weighted by Gasteiger charge is -2.33. The number of nitrogens with one attached hydrogen (secondary N) is 1. The average Bonchev–Trinajstić information content (AvgIpc) is 2.86. The number of rotatable bonds is 5. The largest absolute Gasteiger partial charge is 0.378 e. The molecule has 1 aromatic rings. The number of hydrogen-bond acceptors (Lipinski definition) is 5. The molecule has 20 heavy (non-hydrogen) atoms. The number of likely N-dealkylation sites (N-methyl/N-ethyl adjacent to an activating group) is 1. The van der Waals surface area contributed by atoms with E-state index in [4.69, 9.17) is 4.74 Å². The molecule has 0 radical (unpaired) electrons. The summed E-state index contributed by atoms with van der Waals surface area (Å²) in [5.41, 5.74) is 0. The molecule has 2 heterocycles. The lowest BCUT2D eigenvalue weighted by molar-refractivity contribution is -0.131. The minimum Gasteiger partial charge on any atom is -0.378 e. The summed E-state index contributed by atoms with van der Waals surface area (Å²) in [6.45, 7) is 4.19. The molecule has 1 fully saturated rings. The predicted octanol–water partition coefficient (Wildman–Crippen LogP) is 1.53. The number of thiophene rings is 1. The van der Waals surface area contributed by atoms with Gasteiger partial charge in [-0.2, -0.15) is 0 Å². The van der Waals surface area contributed by atoms with Crippen LogP contribution in [0.2, 0.25) is 0 Å². The van der Waals surface area contributed by atoms with Crippen LogP contribution in [0, 0.1) is 0 Å². The summed E-state index contributed by atoms with van der Waals surface area (Å²) in [7, 11) is 0. The fourth-order valence-electron chi connectivity index (χ4n) is 2.09. The number of halogens is 1. The van der Waals surface area contributed by atoms with Gasteiger partial charge in [0.2, 0.25) is 5.91 Å². The fourth-order valence-corrected chi connectivity index (χ4v) is 3.40. The lowest BCUT2D eigenvalue weighted by atomic mass is 10.2. The molecule has 1 atom stereocenters. The molecule has 0 saturated carbocycles. The highest BCUT2D eigenvalue weighted by molar-refractivity contribution is 9.11. The van der Waals surface area contributed by atoms with Crippen LogP contribution in [-0.4, -0.2) is 55.5 Å². The van der Waals surface area contributed by atoms with E-state index in [9.17, 15) is 9.59 Å². The molecule has 0 aromatic carbocycles. The van der Waals surface area contributed by atoms with Gasteiger partial charge in [0.1, 0.15) is 6.04 Å². The Labute approximate surface area is 130 Å². The number of hydrogen-bond donors (Lipinski definition) is 1. The smallest absolute Gasteiger partial charge is 0.239 e. The van der Waals surface area contributed by atoms with E-state index >= 15 is 0 Å². The van der Waals surface area contributed by atoms with Crippen LogP contribution in [0.5, 0.6) is 0 Å². The van der Waals surface area contributed by atoms with Crippen LogP contribution >= 0.6 is 27.3 Å². The van der Waals surface area contributed by atoms with Crippen molar-refractivity contribution < 1.29 is 14.3 Å². The number of ether oxygens (including phenoxy) is 1. The van der Waals surface area contributed by atoms with Gasteiger partial charge in [-0.05, 0) is 35.0 Å². The Morgan fingerprint density at radius 2 is 2.35 bits per heavy atom. The third-order valence-electron chi connectivity index (χ3n) is 3.09. The Morgan fingerprint density at radius 1 is 1.55 bits per heavy atom. The Kier molecular flexibility index (Phi) is 5.71. The van der Waals surface area contributed by atoms with E-state index in [0.717, 1.165) is 3.79 Å². The zero-order chi connectivity index (χ0) is 14.5. The van der Waals surface area contributed by atoms with Crippen molar-refractivity contribution in [3.63, 3.8) is 0 Å². The Hall–Kier alpha value is -0.760. The van der Waals surface area contributed by atoms with Crippen molar-refractivity contribution in [2.75, 3.05) is 32.8 Å². The highest BCUT2D eigenvalue weighted by atomic mass is 79.9. The number of nitrogens with zero attached hydrogens (tertiary/aromatic N) is 1. The van der Waals surface area contributed by atoms with Crippen molar-refractivity contribution in [1.82, 2.24) is 10.2 Å². The van der Waals surface area contributed by atoms with Gasteiger partial charge in [0.05, 0.1) is 28.4 Å². The van der Waals surface area contributed by atoms with E-state index in [0.29, 0.717) is 31.2 Å².